The van der Waals surface area contributed by atoms with Crippen LogP contribution < -0.4 is 19.3 Å². The van der Waals surface area contributed by atoms with Gasteiger partial charge in [-0.2, -0.15) is 9.97 Å². The summed E-state index contributed by atoms with van der Waals surface area (Å²) < 4.78 is 46.6. The van der Waals surface area contributed by atoms with E-state index in [0.717, 1.165) is 18.4 Å². The van der Waals surface area contributed by atoms with Crippen molar-refractivity contribution in [3.05, 3.63) is 59.6 Å². The molecule has 0 spiro atoms. The number of halogens is 2. The monoisotopic (exact) mass is 716 g/mol. The number of benzene rings is 2. The van der Waals surface area contributed by atoms with E-state index in [4.69, 9.17) is 30.6 Å². The van der Waals surface area contributed by atoms with Gasteiger partial charge in [0.25, 0.3) is 0 Å². The number of rotatable bonds is 10. The van der Waals surface area contributed by atoms with Gasteiger partial charge >= 0.3 is 12.2 Å². The average molecular weight is 717 g/mol. The minimum Gasteiger partial charge on any atom is -0.461 e. The molecule has 2 aromatic carbocycles. The number of ether oxygens (including phenoxy) is 3. The number of nitrogens with zero attached hydrogens (tertiary/aromatic N) is 6. The van der Waals surface area contributed by atoms with Crippen molar-refractivity contribution in [3.63, 3.8) is 0 Å². The highest BCUT2D eigenvalue weighted by Crippen LogP contribution is 2.39. The molecule has 3 aliphatic heterocycles. The van der Waals surface area contributed by atoms with Gasteiger partial charge in [0.05, 0.1) is 35.1 Å². The Morgan fingerprint density at radius 3 is 2.73 bits per heavy atom. The van der Waals surface area contributed by atoms with E-state index in [1.165, 1.54) is 12.1 Å². The van der Waals surface area contributed by atoms with Crippen molar-refractivity contribution in [2.24, 2.45) is 0 Å². The molecule has 0 radical (unpaired) electrons. The number of alkyl halides is 1. The van der Waals surface area contributed by atoms with Gasteiger partial charge < -0.3 is 28.9 Å². The third-order valence-corrected chi connectivity index (χ3v) is 10.3. The highest BCUT2D eigenvalue weighted by Gasteiger charge is 2.41. The zero-order valence-corrected chi connectivity index (χ0v) is 30.5. The number of aromatic nitrogens is 2. The van der Waals surface area contributed by atoms with Gasteiger partial charge in [0.2, 0.25) is 5.91 Å². The van der Waals surface area contributed by atoms with E-state index in [9.17, 15) is 14.0 Å². The fraction of sp³-hybridized carbons (Fsp3) is 0.487. The molecule has 2 fully saturated rings. The van der Waals surface area contributed by atoms with Gasteiger partial charge in [-0.3, -0.25) is 9.69 Å². The smallest absolute Gasteiger partial charge is 0.461 e. The van der Waals surface area contributed by atoms with Crippen LogP contribution in [-0.2, 0) is 22.5 Å². The molecule has 6 rings (SSSR count). The second-order valence-corrected chi connectivity index (χ2v) is 14.4. The molecule has 3 atom stereocenters. The van der Waals surface area contributed by atoms with Gasteiger partial charge in [-0.1, -0.05) is 18.6 Å². The quantitative estimate of drug-likeness (QED) is 0.113. The molecule has 0 saturated carbocycles. The number of likely N-dealkylation sites (tertiary alicyclic amines) is 2. The van der Waals surface area contributed by atoms with Crippen LogP contribution in [0.1, 0.15) is 56.9 Å². The number of fused-ring (bicyclic) bond motifs is 2. The molecule has 3 aliphatic rings. The molecule has 1 aromatic heterocycles. The van der Waals surface area contributed by atoms with Crippen molar-refractivity contribution in [2.75, 3.05) is 56.7 Å². The van der Waals surface area contributed by atoms with Gasteiger partial charge in [-0.05, 0) is 70.7 Å². The Morgan fingerprint density at radius 2 is 2.04 bits per heavy atom. The van der Waals surface area contributed by atoms with Crippen LogP contribution in [0.4, 0.5) is 25.1 Å². The lowest BCUT2D eigenvalue weighted by Gasteiger charge is -2.35. The summed E-state index contributed by atoms with van der Waals surface area (Å²) >= 11 is 0. The summed E-state index contributed by atoms with van der Waals surface area (Å²) in [4.78, 5) is 42.8. The number of hydrogen-bond donors (Lipinski definition) is 0. The Labute approximate surface area is 303 Å². The van der Waals surface area contributed by atoms with Crippen molar-refractivity contribution in [1.29, 1.82) is 0 Å². The minimum atomic E-state index is -0.953. The number of hydrogen-bond acceptors (Lipinski definition) is 10. The lowest BCUT2D eigenvalue weighted by Crippen LogP contribution is -2.44. The maximum atomic E-state index is 15.2. The summed E-state index contributed by atoms with van der Waals surface area (Å²) in [6, 6.07) is 6.32. The van der Waals surface area contributed by atoms with Crippen LogP contribution in [0, 0.1) is 18.2 Å². The van der Waals surface area contributed by atoms with Gasteiger partial charge in [-0.25, -0.2) is 13.6 Å². The maximum Gasteiger partial charge on any atom is 0.514 e. The Kier molecular flexibility index (Phi) is 10.6. The van der Waals surface area contributed by atoms with Gasteiger partial charge in [0, 0.05) is 62.7 Å². The van der Waals surface area contributed by atoms with Gasteiger partial charge in [0.15, 0.2) is 0 Å². The summed E-state index contributed by atoms with van der Waals surface area (Å²) in [5.74, 6) is 2.77. The first-order valence-corrected chi connectivity index (χ1v) is 17.7. The van der Waals surface area contributed by atoms with Crippen LogP contribution >= 0.6 is 0 Å². The standard InChI is InChI=1S/C39H46F2N6O5/c1-8-29-31(41)13-12-25-17-28(52-38(49)51-24(3)4)18-33(35(25)29)46-16-14-30-32(22-46)42-37(50-23-39(5)19-26(40)20-45(39)7)43-36(30)44(6)21-27-11-10-15-47(27)34(48)9-2/h1,9,12-13,17-18,24,26-27H,2,10-11,14-16,19-23H2,3-7H3/t26-,27+,39+/m1/s1. The normalized spacial score (nSPS) is 21.6. The number of carbonyl (C=O) groups is 2. The SMILES string of the molecule is C#Cc1c(F)ccc2cc(OC(=O)OC(C)C)cc(N3CCc4c(nc(OC[C@]5(C)C[C@@H](F)CN5C)nc4N(C)C[C@@H]4CCCN4C(=O)C=C)C3)c12. The molecule has 2 saturated heterocycles. The number of terminal acetylenes is 1. The van der Waals surface area contributed by atoms with Crippen molar-refractivity contribution < 1.29 is 32.6 Å². The van der Waals surface area contributed by atoms with Gasteiger partial charge in [0.1, 0.15) is 30.2 Å². The third-order valence-electron chi connectivity index (χ3n) is 10.3. The van der Waals surface area contributed by atoms with E-state index < -0.39 is 23.7 Å². The zero-order valence-electron chi connectivity index (χ0n) is 30.5. The van der Waals surface area contributed by atoms with E-state index in [0.29, 0.717) is 67.0 Å². The maximum absolute atomic E-state index is 15.2. The van der Waals surface area contributed by atoms with Crippen molar-refractivity contribution in [1.82, 2.24) is 19.8 Å². The highest BCUT2D eigenvalue weighted by molar-refractivity contribution is 6.00. The first-order valence-electron chi connectivity index (χ1n) is 17.7. The predicted octanol–water partition coefficient (Wildman–Crippen LogP) is 5.66. The largest absolute Gasteiger partial charge is 0.514 e. The Balaban J connectivity index is 1.38. The van der Waals surface area contributed by atoms with E-state index in [1.54, 1.807) is 32.0 Å². The number of amides is 1. The first kappa shape index (κ1) is 36.8. The molecule has 276 valence electrons. The molecule has 11 nitrogen and oxygen atoms in total. The highest BCUT2D eigenvalue weighted by atomic mass is 19.1. The second-order valence-electron chi connectivity index (χ2n) is 14.4. The molecule has 0 N–H and O–H groups in total. The van der Waals surface area contributed by atoms with E-state index in [1.807, 2.05) is 40.6 Å². The molecular weight excluding hydrogens is 670 g/mol. The lowest BCUT2D eigenvalue weighted by atomic mass is 9.98. The van der Waals surface area contributed by atoms with E-state index >= 15 is 4.39 Å². The second kappa shape index (κ2) is 14.9. The fourth-order valence-electron chi connectivity index (χ4n) is 7.57. The predicted molar refractivity (Wildman–Crippen MR) is 195 cm³/mol. The third kappa shape index (κ3) is 7.48. The fourth-order valence-corrected chi connectivity index (χ4v) is 7.57. The molecule has 52 heavy (non-hydrogen) atoms. The Bertz CT molecular complexity index is 1920. The van der Waals surface area contributed by atoms with Crippen LogP contribution in [0.2, 0.25) is 0 Å². The van der Waals surface area contributed by atoms with Crippen molar-refractivity contribution in [2.45, 2.75) is 76.9 Å². The van der Waals surface area contributed by atoms with Gasteiger partial charge in [-0.15, -0.1) is 6.42 Å². The van der Waals surface area contributed by atoms with E-state index in [2.05, 4.69) is 12.5 Å². The number of anilines is 2. The molecule has 3 aromatic rings. The van der Waals surface area contributed by atoms with Crippen molar-refractivity contribution in [3.8, 4) is 24.1 Å². The zero-order chi connectivity index (χ0) is 37.3. The van der Waals surface area contributed by atoms with Crippen LogP contribution in [0.5, 0.6) is 11.8 Å². The molecule has 0 bridgehead atoms. The van der Waals surface area contributed by atoms with Crippen LogP contribution in [0.3, 0.4) is 0 Å². The Hall–Kier alpha value is -4.96. The van der Waals surface area contributed by atoms with E-state index in [-0.39, 0.29) is 48.5 Å². The molecule has 13 heteroatoms. The first-order chi connectivity index (χ1) is 24.8. The minimum absolute atomic E-state index is 0.0216. The lowest BCUT2D eigenvalue weighted by molar-refractivity contribution is -0.126. The number of carbonyl (C=O) groups excluding carboxylic acids is 2. The molecular formula is C39H46F2N6O5. The Morgan fingerprint density at radius 1 is 1.25 bits per heavy atom. The van der Waals surface area contributed by atoms with Crippen molar-refractivity contribution >= 4 is 34.3 Å². The van der Waals surface area contributed by atoms with Crippen LogP contribution in [-0.4, -0.2) is 103 Å². The molecule has 1 amide bonds. The number of likely N-dealkylation sites (N-methyl/N-ethyl adjacent to an activating group) is 2. The molecule has 0 aliphatic carbocycles. The molecule has 4 heterocycles. The van der Waals surface area contributed by atoms with Crippen LogP contribution in [0.25, 0.3) is 10.8 Å². The summed E-state index contributed by atoms with van der Waals surface area (Å²) in [6.07, 6.45) is 7.60. The topological polar surface area (TPSA) is 101 Å². The summed E-state index contributed by atoms with van der Waals surface area (Å²) in [5.41, 5.74) is 1.72. The molecule has 0 unspecified atom stereocenters. The van der Waals surface area contributed by atoms with Crippen LogP contribution in [0.15, 0.2) is 36.9 Å². The summed E-state index contributed by atoms with van der Waals surface area (Å²) in [7, 11) is 3.82. The summed E-state index contributed by atoms with van der Waals surface area (Å²) in [5, 5.41) is 1.09. The average Bonchev–Trinajstić information content (AvgIpc) is 3.67. The summed E-state index contributed by atoms with van der Waals surface area (Å²) in [6.45, 7) is 11.6.